The van der Waals surface area contributed by atoms with Crippen molar-refractivity contribution in [2.75, 3.05) is 32.5 Å². The van der Waals surface area contributed by atoms with E-state index >= 15 is 0 Å². The minimum Gasteiger partial charge on any atom is -0.369 e. The Hall–Kier alpha value is -2.67. The van der Waals surface area contributed by atoms with Crippen LogP contribution < -0.4 is 5.32 Å². The molecular weight excluding hydrogens is 377 g/mol. The Labute approximate surface area is 168 Å². The molecule has 0 aliphatic rings. The van der Waals surface area contributed by atoms with Gasteiger partial charge in [0.1, 0.15) is 5.82 Å². The van der Waals surface area contributed by atoms with E-state index < -0.39 is 11.7 Å². The van der Waals surface area contributed by atoms with Crippen molar-refractivity contribution in [1.29, 1.82) is 0 Å². The summed E-state index contributed by atoms with van der Waals surface area (Å²) in [5.41, 5.74) is 1.87. The molecule has 0 saturated heterocycles. The number of nitrogens with one attached hydrogen (secondary N) is 1. The third-order valence-electron chi connectivity index (χ3n) is 4.67. The number of halogens is 3. The van der Waals surface area contributed by atoms with Crippen molar-refractivity contribution in [3.63, 3.8) is 0 Å². The van der Waals surface area contributed by atoms with Gasteiger partial charge in [0.25, 0.3) is 0 Å². The summed E-state index contributed by atoms with van der Waals surface area (Å²) in [4.78, 5) is 11.3. The SMILES string of the molecule is Cc1cc(-c2nc(NCCCN(C)C)c3cccc(C)c3n2)cc(C(F)(F)F)c1. The summed E-state index contributed by atoms with van der Waals surface area (Å²) < 4.78 is 39.8. The van der Waals surface area contributed by atoms with E-state index in [9.17, 15) is 13.2 Å². The monoisotopic (exact) mass is 402 g/mol. The molecule has 3 rings (SSSR count). The van der Waals surface area contributed by atoms with Gasteiger partial charge < -0.3 is 10.2 Å². The van der Waals surface area contributed by atoms with Crippen molar-refractivity contribution in [3.8, 4) is 11.4 Å². The number of benzene rings is 2. The van der Waals surface area contributed by atoms with Crippen LogP contribution in [0.2, 0.25) is 0 Å². The van der Waals surface area contributed by atoms with Crippen LogP contribution >= 0.6 is 0 Å². The number of fused-ring (bicyclic) bond motifs is 1. The zero-order chi connectivity index (χ0) is 21.2. The molecule has 0 unspecified atom stereocenters. The fourth-order valence-electron chi connectivity index (χ4n) is 3.24. The first-order valence-corrected chi connectivity index (χ1v) is 9.50. The van der Waals surface area contributed by atoms with Crippen LogP contribution in [-0.2, 0) is 6.18 Å². The fraction of sp³-hybridized carbons (Fsp3) is 0.364. The zero-order valence-electron chi connectivity index (χ0n) is 17.1. The van der Waals surface area contributed by atoms with Crippen molar-refractivity contribution in [2.24, 2.45) is 0 Å². The number of rotatable bonds is 6. The van der Waals surface area contributed by atoms with Crippen LogP contribution in [0.5, 0.6) is 0 Å². The molecule has 7 heteroatoms. The van der Waals surface area contributed by atoms with E-state index in [-0.39, 0.29) is 5.82 Å². The number of aryl methyl sites for hydroxylation is 2. The molecule has 0 bridgehead atoms. The van der Waals surface area contributed by atoms with E-state index in [2.05, 4.69) is 20.2 Å². The highest BCUT2D eigenvalue weighted by Crippen LogP contribution is 2.34. The topological polar surface area (TPSA) is 41.1 Å². The van der Waals surface area contributed by atoms with Crippen LogP contribution in [0.1, 0.15) is 23.1 Å². The van der Waals surface area contributed by atoms with Gasteiger partial charge in [-0.1, -0.05) is 12.1 Å². The van der Waals surface area contributed by atoms with Crippen LogP contribution in [0.15, 0.2) is 36.4 Å². The average Bonchev–Trinajstić information content (AvgIpc) is 2.64. The first kappa shape index (κ1) is 21.0. The summed E-state index contributed by atoms with van der Waals surface area (Å²) in [6, 6.07) is 9.73. The summed E-state index contributed by atoms with van der Waals surface area (Å²) in [6.45, 7) is 5.21. The zero-order valence-corrected chi connectivity index (χ0v) is 17.1. The second-order valence-electron chi connectivity index (χ2n) is 7.54. The van der Waals surface area contributed by atoms with Crippen molar-refractivity contribution < 1.29 is 13.2 Å². The van der Waals surface area contributed by atoms with Gasteiger partial charge >= 0.3 is 6.18 Å². The van der Waals surface area contributed by atoms with Gasteiger partial charge in [-0.15, -0.1) is 0 Å². The normalized spacial score (nSPS) is 12.0. The molecule has 29 heavy (non-hydrogen) atoms. The van der Waals surface area contributed by atoms with Crippen molar-refractivity contribution in [1.82, 2.24) is 14.9 Å². The Morgan fingerprint density at radius 1 is 1.03 bits per heavy atom. The maximum atomic E-state index is 13.3. The summed E-state index contributed by atoms with van der Waals surface area (Å²) in [5.74, 6) is 0.929. The molecule has 2 aromatic carbocycles. The Balaban J connectivity index is 2.07. The number of para-hydroxylation sites is 1. The lowest BCUT2D eigenvalue weighted by Gasteiger charge is -2.15. The van der Waals surface area contributed by atoms with Crippen molar-refractivity contribution in [3.05, 3.63) is 53.1 Å². The lowest BCUT2D eigenvalue weighted by Crippen LogP contribution is -2.17. The van der Waals surface area contributed by atoms with Gasteiger partial charge in [0.15, 0.2) is 5.82 Å². The lowest BCUT2D eigenvalue weighted by molar-refractivity contribution is -0.137. The number of hydrogen-bond donors (Lipinski definition) is 1. The van der Waals surface area contributed by atoms with Gasteiger partial charge in [-0.05, 0) is 76.3 Å². The first-order chi connectivity index (χ1) is 13.6. The molecule has 1 heterocycles. The van der Waals surface area contributed by atoms with Gasteiger partial charge in [-0.3, -0.25) is 0 Å². The molecule has 0 aliphatic heterocycles. The van der Waals surface area contributed by atoms with E-state index in [1.54, 1.807) is 13.0 Å². The van der Waals surface area contributed by atoms with Crippen LogP contribution in [0.4, 0.5) is 19.0 Å². The fourth-order valence-corrected chi connectivity index (χ4v) is 3.24. The van der Waals surface area contributed by atoms with Gasteiger partial charge in [0.2, 0.25) is 0 Å². The molecule has 0 saturated carbocycles. The highest BCUT2D eigenvalue weighted by Gasteiger charge is 2.31. The van der Waals surface area contributed by atoms with E-state index in [0.29, 0.717) is 23.5 Å². The quantitative estimate of drug-likeness (QED) is 0.569. The summed E-state index contributed by atoms with van der Waals surface area (Å²) in [5, 5.41) is 4.20. The molecule has 3 aromatic rings. The molecule has 0 spiro atoms. The van der Waals surface area contributed by atoms with Crippen LogP contribution in [0.3, 0.4) is 0 Å². The number of anilines is 1. The van der Waals surface area contributed by atoms with Crippen molar-refractivity contribution in [2.45, 2.75) is 26.4 Å². The Morgan fingerprint density at radius 2 is 1.79 bits per heavy atom. The van der Waals surface area contributed by atoms with Crippen molar-refractivity contribution >= 4 is 16.7 Å². The minimum absolute atomic E-state index is 0.288. The lowest BCUT2D eigenvalue weighted by atomic mass is 10.0. The number of aromatic nitrogens is 2. The van der Waals surface area contributed by atoms with Gasteiger partial charge in [-0.25, -0.2) is 9.97 Å². The molecule has 154 valence electrons. The molecule has 0 atom stereocenters. The largest absolute Gasteiger partial charge is 0.416 e. The molecule has 0 fully saturated rings. The molecule has 4 nitrogen and oxygen atoms in total. The molecular formula is C22H25F3N4. The molecule has 0 radical (unpaired) electrons. The Bertz CT molecular complexity index is 1010. The average molecular weight is 402 g/mol. The maximum Gasteiger partial charge on any atom is 0.416 e. The van der Waals surface area contributed by atoms with E-state index in [1.165, 1.54) is 0 Å². The number of hydrogen-bond acceptors (Lipinski definition) is 4. The van der Waals surface area contributed by atoms with Crippen LogP contribution in [0, 0.1) is 13.8 Å². The summed E-state index contributed by atoms with van der Waals surface area (Å²) in [6.07, 6.45) is -3.50. The van der Waals surface area contributed by atoms with Gasteiger partial charge in [0.05, 0.1) is 11.1 Å². The predicted molar refractivity (Wildman–Crippen MR) is 111 cm³/mol. The number of alkyl halides is 3. The van der Waals surface area contributed by atoms with Crippen LogP contribution in [-0.4, -0.2) is 42.1 Å². The predicted octanol–water partition coefficient (Wildman–Crippen LogP) is 5.30. The molecule has 0 aliphatic carbocycles. The first-order valence-electron chi connectivity index (χ1n) is 9.50. The third-order valence-corrected chi connectivity index (χ3v) is 4.67. The minimum atomic E-state index is -4.42. The highest BCUT2D eigenvalue weighted by molar-refractivity contribution is 5.92. The standard InChI is InChI=1S/C22H25F3N4/c1-14-11-16(13-17(12-14)22(23,24)25)20-27-19-15(2)7-5-8-18(19)21(28-20)26-9-6-10-29(3)4/h5,7-8,11-13H,6,9-10H2,1-4H3,(H,26,27,28). The van der Waals surface area contributed by atoms with Crippen LogP contribution in [0.25, 0.3) is 22.3 Å². The summed E-state index contributed by atoms with van der Waals surface area (Å²) in [7, 11) is 4.02. The Kier molecular flexibility index (Phi) is 6.07. The number of nitrogens with zero attached hydrogens (tertiary/aromatic N) is 3. The third kappa shape index (κ3) is 5.03. The van der Waals surface area contributed by atoms with E-state index in [4.69, 9.17) is 0 Å². The Morgan fingerprint density at radius 3 is 2.48 bits per heavy atom. The molecule has 0 amide bonds. The van der Waals surface area contributed by atoms with E-state index in [0.717, 1.165) is 41.6 Å². The molecule has 1 N–H and O–H groups in total. The second kappa shape index (κ2) is 8.37. The van der Waals surface area contributed by atoms with Gasteiger partial charge in [-0.2, -0.15) is 13.2 Å². The molecule has 1 aromatic heterocycles. The van der Waals surface area contributed by atoms with Gasteiger partial charge in [0, 0.05) is 17.5 Å². The smallest absolute Gasteiger partial charge is 0.369 e. The highest BCUT2D eigenvalue weighted by atomic mass is 19.4. The second-order valence-corrected chi connectivity index (χ2v) is 7.54. The maximum absolute atomic E-state index is 13.3. The van der Waals surface area contributed by atoms with E-state index in [1.807, 2.05) is 39.2 Å². The summed E-state index contributed by atoms with van der Waals surface area (Å²) >= 11 is 0.